The van der Waals surface area contributed by atoms with E-state index in [1.54, 1.807) is 0 Å². The molecule has 0 aliphatic carbocycles. The summed E-state index contributed by atoms with van der Waals surface area (Å²) in [5.41, 5.74) is -1.25. The topological polar surface area (TPSA) is 84.0 Å². The highest BCUT2D eigenvalue weighted by Gasteiger charge is 2.15. The molecule has 1 aromatic rings. The fraction of sp³-hybridized carbons (Fsp3) is 0.462. The molecule has 0 aromatic carbocycles. The van der Waals surface area contributed by atoms with E-state index in [4.69, 9.17) is 0 Å². The fourth-order valence-corrected chi connectivity index (χ4v) is 1.37. The molecule has 0 spiro atoms. The van der Waals surface area contributed by atoms with Crippen molar-refractivity contribution >= 4 is 5.91 Å². The summed E-state index contributed by atoms with van der Waals surface area (Å²) >= 11 is 0. The zero-order valence-corrected chi connectivity index (χ0v) is 11.5. The van der Waals surface area contributed by atoms with Crippen LogP contribution in [0, 0.1) is 11.8 Å². The van der Waals surface area contributed by atoms with Crippen molar-refractivity contribution in [2.45, 2.75) is 33.2 Å². The number of nitrogens with zero attached hydrogens (tertiary/aromatic N) is 1. The van der Waals surface area contributed by atoms with Crippen LogP contribution in [-0.2, 0) is 10.3 Å². The number of carbonyl (C=O) groups excluding carboxylic acids is 1. The van der Waals surface area contributed by atoms with E-state index < -0.39 is 16.8 Å². The largest absolute Gasteiger partial charge is 0.345 e. The SMILES string of the molecule is CC(=O)NCC#Cc1cn(C(C)(C)C)c(=O)[nH]c1=O. The van der Waals surface area contributed by atoms with Crippen LogP contribution in [0.15, 0.2) is 15.8 Å². The van der Waals surface area contributed by atoms with Crippen molar-refractivity contribution in [2.24, 2.45) is 0 Å². The fourth-order valence-electron chi connectivity index (χ4n) is 1.37. The number of H-pyrrole nitrogens is 1. The molecular formula is C13H17N3O3. The highest BCUT2D eigenvalue weighted by atomic mass is 16.2. The first-order valence-electron chi connectivity index (χ1n) is 5.81. The molecule has 0 radical (unpaired) electrons. The van der Waals surface area contributed by atoms with Crippen LogP contribution in [0.4, 0.5) is 0 Å². The first kappa shape index (κ1) is 14.8. The smallest absolute Gasteiger partial charge is 0.328 e. The van der Waals surface area contributed by atoms with Gasteiger partial charge in [0.1, 0.15) is 5.56 Å². The van der Waals surface area contributed by atoms with Gasteiger partial charge in [-0.25, -0.2) is 4.79 Å². The molecule has 0 fully saturated rings. The first-order valence-corrected chi connectivity index (χ1v) is 5.81. The summed E-state index contributed by atoms with van der Waals surface area (Å²) in [6.07, 6.45) is 1.43. The lowest BCUT2D eigenvalue weighted by molar-refractivity contribution is -0.118. The normalized spacial score (nSPS) is 10.5. The monoisotopic (exact) mass is 263 g/mol. The molecule has 0 saturated carbocycles. The molecule has 0 unspecified atom stereocenters. The van der Waals surface area contributed by atoms with Gasteiger partial charge in [-0.15, -0.1) is 0 Å². The second-order valence-electron chi connectivity index (χ2n) is 5.05. The van der Waals surface area contributed by atoms with Crippen LogP contribution in [0.5, 0.6) is 0 Å². The van der Waals surface area contributed by atoms with E-state index >= 15 is 0 Å². The summed E-state index contributed by atoms with van der Waals surface area (Å²) < 4.78 is 1.41. The van der Waals surface area contributed by atoms with Gasteiger partial charge in [-0.3, -0.25) is 19.1 Å². The maximum atomic E-state index is 11.7. The van der Waals surface area contributed by atoms with Gasteiger partial charge in [0.05, 0.1) is 6.54 Å². The molecular weight excluding hydrogens is 246 g/mol. The van der Waals surface area contributed by atoms with E-state index in [2.05, 4.69) is 22.1 Å². The third-order valence-corrected chi connectivity index (χ3v) is 2.31. The van der Waals surface area contributed by atoms with Crippen molar-refractivity contribution in [1.82, 2.24) is 14.9 Å². The van der Waals surface area contributed by atoms with Crippen LogP contribution in [0.25, 0.3) is 0 Å². The summed E-state index contributed by atoms with van der Waals surface area (Å²) in [6.45, 7) is 7.08. The summed E-state index contributed by atoms with van der Waals surface area (Å²) in [4.78, 5) is 36.1. The average Bonchev–Trinajstić information content (AvgIpc) is 2.24. The van der Waals surface area contributed by atoms with E-state index in [1.807, 2.05) is 20.8 Å². The maximum absolute atomic E-state index is 11.7. The van der Waals surface area contributed by atoms with Gasteiger partial charge in [0.2, 0.25) is 5.91 Å². The van der Waals surface area contributed by atoms with Crippen molar-refractivity contribution in [3.8, 4) is 11.8 Å². The van der Waals surface area contributed by atoms with Gasteiger partial charge in [-0.05, 0) is 20.8 Å². The molecule has 0 atom stereocenters. The second kappa shape index (κ2) is 5.57. The third kappa shape index (κ3) is 4.14. The van der Waals surface area contributed by atoms with Crippen LogP contribution in [0.1, 0.15) is 33.3 Å². The molecule has 0 bridgehead atoms. The molecule has 1 amide bonds. The lowest BCUT2D eigenvalue weighted by Gasteiger charge is -2.21. The number of amides is 1. The van der Waals surface area contributed by atoms with Gasteiger partial charge in [-0.1, -0.05) is 11.8 Å². The molecule has 6 heteroatoms. The number of rotatable bonds is 1. The van der Waals surface area contributed by atoms with Gasteiger partial charge < -0.3 is 5.32 Å². The molecule has 102 valence electrons. The van der Waals surface area contributed by atoms with Crippen LogP contribution < -0.4 is 16.6 Å². The van der Waals surface area contributed by atoms with Crippen LogP contribution in [0.3, 0.4) is 0 Å². The van der Waals surface area contributed by atoms with Crippen molar-refractivity contribution in [1.29, 1.82) is 0 Å². The zero-order valence-electron chi connectivity index (χ0n) is 11.5. The lowest BCUT2D eigenvalue weighted by Crippen LogP contribution is -2.39. The van der Waals surface area contributed by atoms with E-state index in [-0.39, 0.29) is 18.0 Å². The molecule has 1 rings (SSSR count). The Hall–Kier alpha value is -2.29. The number of hydrogen-bond acceptors (Lipinski definition) is 3. The molecule has 1 aromatic heterocycles. The third-order valence-electron chi connectivity index (χ3n) is 2.31. The molecule has 0 aliphatic rings. The molecule has 6 nitrogen and oxygen atoms in total. The zero-order chi connectivity index (χ0) is 14.6. The first-order chi connectivity index (χ1) is 8.71. The Labute approximate surface area is 110 Å². The van der Waals surface area contributed by atoms with Gasteiger partial charge >= 0.3 is 5.69 Å². The molecule has 19 heavy (non-hydrogen) atoms. The van der Waals surface area contributed by atoms with Crippen LogP contribution in [-0.4, -0.2) is 22.0 Å². The predicted octanol–water partition coefficient (Wildman–Crippen LogP) is -0.221. The van der Waals surface area contributed by atoms with Crippen molar-refractivity contribution in [2.75, 3.05) is 6.54 Å². The summed E-state index contributed by atoms with van der Waals surface area (Å²) in [6, 6.07) is 0. The Morgan fingerprint density at radius 1 is 1.42 bits per heavy atom. The minimum Gasteiger partial charge on any atom is -0.345 e. The Kier molecular flexibility index (Phi) is 4.33. The number of nitrogens with one attached hydrogen (secondary N) is 2. The Morgan fingerprint density at radius 2 is 2.05 bits per heavy atom. The number of hydrogen-bond donors (Lipinski definition) is 2. The van der Waals surface area contributed by atoms with Gasteiger partial charge in [0.15, 0.2) is 0 Å². The molecule has 1 heterocycles. The maximum Gasteiger partial charge on any atom is 0.328 e. The van der Waals surface area contributed by atoms with Gasteiger partial charge in [-0.2, -0.15) is 0 Å². The average molecular weight is 263 g/mol. The van der Waals surface area contributed by atoms with E-state index in [9.17, 15) is 14.4 Å². The number of carbonyl (C=O) groups is 1. The highest BCUT2D eigenvalue weighted by Crippen LogP contribution is 2.09. The summed E-state index contributed by atoms with van der Waals surface area (Å²) in [5, 5.41) is 2.50. The Morgan fingerprint density at radius 3 is 2.58 bits per heavy atom. The molecule has 0 saturated heterocycles. The van der Waals surface area contributed by atoms with Crippen molar-refractivity contribution in [3.05, 3.63) is 32.6 Å². The van der Waals surface area contributed by atoms with Crippen molar-refractivity contribution in [3.63, 3.8) is 0 Å². The van der Waals surface area contributed by atoms with Gasteiger partial charge in [0, 0.05) is 18.7 Å². The minimum atomic E-state index is -0.527. The minimum absolute atomic E-state index is 0.156. The standard InChI is InChI=1S/C13H17N3O3/c1-9(17)14-7-5-6-10-8-16(13(2,3)4)12(19)15-11(10)18/h8H,7H2,1-4H3,(H,14,17)(H,15,18,19). The summed E-state index contributed by atoms with van der Waals surface area (Å²) in [7, 11) is 0. The van der Waals surface area contributed by atoms with E-state index in [0.29, 0.717) is 0 Å². The second-order valence-corrected chi connectivity index (χ2v) is 5.05. The van der Waals surface area contributed by atoms with E-state index in [1.165, 1.54) is 17.7 Å². The summed E-state index contributed by atoms with van der Waals surface area (Å²) in [5.74, 6) is 5.10. The van der Waals surface area contributed by atoms with Crippen LogP contribution >= 0.6 is 0 Å². The molecule has 2 N–H and O–H groups in total. The van der Waals surface area contributed by atoms with Crippen molar-refractivity contribution < 1.29 is 4.79 Å². The number of aromatic amines is 1. The quantitative estimate of drug-likeness (QED) is 0.687. The van der Waals surface area contributed by atoms with Crippen LogP contribution in [0.2, 0.25) is 0 Å². The van der Waals surface area contributed by atoms with E-state index in [0.717, 1.165) is 0 Å². The Bertz CT molecular complexity index is 651. The highest BCUT2D eigenvalue weighted by molar-refractivity contribution is 5.73. The van der Waals surface area contributed by atoms with Gasteiger partial charge in [0.25, 0.3) is 5.56 Å². The number of aromatic nitrogens is 2. The predicted molar refractivity (Wildman–Crippen MR) is 71.9 cm³/mol. The molecule has 0 aliphatic heterocycles. The Balaban J connectivity index is 3.13. The lowest BCUT2D eigenvalue weighted by atomic mass is 10.1.